The summed E-state index contributed by atoms with van der Waals surface area (Å²) in [5, 5.41) is 16.8. The van der Waals surface area contributed by atoms with Crippen LogP contribution in [-0.2, 0) is 26.2 Å². The first-order chi connectivity index (χ1) is 23.4. The van der Waals surface area contributed by atoms with Crippen molar-refractivity contribution in [3.05, 3.63) is 70.3 Å². The number of amides is 4. The maximum atomic E-state index is 15.0. The average molecular weight is 699 g/mol. The molecule has 252 valence electrons. The van der Waals surface area contributed by atoms with Crippen LogP contribution < -0.4 is 9.64 Å². The molecule has 2 aliphatic heterocycles. The minimum Gasteiger partial charge on any atom is -0.508 e. The molecule has 0 bridgehead atoms. The zero-order valence-corrected chi connectivity index (χ0v) is 29.3. The van der Waals surface area contributed by atoms with Crippen LogP contribution in [-0.4, -0.2) is 57.1 Å². The molecule has 0 radical (unpaired) electrons. The van der Waals surface area contributed by atoms with Crippen LogP contribution in [0.5, 0.6) is 11.5 Å². The number of phenolic OH excluding ortho intramolecular Hbond substituents is 1. The Kier molecular flexibility index (Phi) is 7.14. The molecule has 2 aromatic carbocycles. The van der Waals surface area contributed by atoms with E-state index in [2.05, 4.69) is 0 Å². The molecule has 2 saturated heterocycles. The van der Waals surface area contributed by atoms with E-state index >= 15 is 0 Å². The number of thiophene rings is 1. The highest BCUT2D eigenvalue weighted by Gasteiger charge is 2.68. The van der Waals surface area contributed by atoms with E-state index in [0.29, 0.717) is 34.3 Å². The van der Waals surface area contributed by atoms with Crippen molar-refractivity contribution in [2.45, 2.75) is 39.5 Å². The Morgan fingerprint density at radius 1 is 1.06 bits per heavy atom. The molecule has 4 aliphatic rings. The molecule has 1 saturated carbocycles. The standard InChI is InChI=1S/C37H35ClN4O6S/c1-6-41-33(44)22-11-10-20-24(30(22)35(41)46)15-25-34(45)42(36(47)37(25,3)31(20)21-9-8-19(43)14-27(21)48-5)29-16-26(39-40(29)4)32-17(2)23-13-18(38)7-12-28(23)49-32/h7-10,12-14,16,22,24-25,30-31,43H,6,11,15H2,1-5H3. The number of benzene rings is 2. The smallest absolute Gasteiger partial charge is 0.242 e. The number of halogens is 1. The van der Waals surface area contributed by atoms with Crippen molar-refractivity contribution in [2.24, 2.45) is 36.1 Å². The zero-order valence-electron chi connectivity index (χ0n) is 27.7. The van der Waals surface area contributed by atoms with Crippen molar-refractivity contribution in [1.29, 1.82) is 0 Å². The van der Waals surface area contributed by atoms with E-state index in [0.717, 1.165) is 26.1 Å². The summed E-state index contributed by atoms with van der Waals surface area (Å²) in [6, 6.07) is 12.3. The van der Waals surface area contributed by atoms with E-state index in [1.54, 1.807) is 48.2 Å². The molecule has 4 amide bonds. The summed E-state index contributed by atoms with van der Waals surface area (Å²) in [6.45, 7) is 5.91. The molecular weight excluding hydrogens is 664 g/mol. The summed E-state index contributed by atoms with van der Waals surface area (Å²) in [4.78, 5) is 60.3. The molecule has 49 heavy (non-hydrogen) atoms. The molecule has 8 rings (SSSR count). The monoisotopic (exact) mass is 698 g/mol. The molecule has 1 N–H and O–H groups in total. The van der Waals surface area contributed by atoms with E-state index in [-0.39, 0.29) is 42.3 Å². The molecule has 12 heteroatoms. The van der Waals surface area contributed by atoms with E-state index in [1.807, 2.05) is 38.1 Å². The molecular formula is C37H35ClN4O6S. The maximum absolute atomic E-state index is 15.0. The molecule has 3 fully saturated rings. The number of anilines is 1. The highest BCUT2D eigenvalue weighted by Crippen LogP contribution is 2.64. The van der Waals surface area contributed by atoms with Crippen molar-refractivity contribution in [3.8, 4) is 22.1 Å². The van der Waals surface area contributed by atoms with Gasteiger partial charge in [-0.05, 0) is 74.7 Å². The average Bonchev–Trinajstić information content (AvgIpc) is 3.74. The summed E-state index contributed by atoms with van der Waals surface area (Å²) in [6.07, 6.45) is 2.62. The van der Waals surface area contributed by atoms with Crippen molar-refractivity contribution in [2.75, 3.05) is 18.6 Å². The van der Waals surface area contributed by atoms with Crippen molar-refractivity contribution in [1.82, 2.24) is 14.7 Å². The first-order valence-electron chi connectivity index (χ1n) is 16.4. The number of fused-ring (bicyclic) bond motifs is 5. The Bertz CT molecular complexity index is 2170. The fourth-order valence-corrected chi connectivity index (χ4v) is 10.4. The third-order valence-electron chi connectivity index (χ3n) is 11.4. The predicted molar refractivity (Wildman–Crippen MR) is 185 cm³/mol. The van der Waals surface area contributed by atoms with Gasteiger partial charge >= 0.3 is 0 Å². The Balaban J connectivity index is 1.27. The van der Waals surface area contributed by atoms with Crippen molar-refractivity contribution >= 4 is 62.5 Å². The van der Waals surface area contributed by atoms with E-state index in [9.17, 15) is 24.3 Å². The lowest BCUT2D eigenvalue weighted by Crippen LogP contribution is -2.49. The SMILES string of the molecule is CCN1C(=O)C2CC=C3C(CC4C(=O)N(c5cc(-c6sc7ccc(Cl)cc7c6C)nn5C)C(=O)C4(C)C3c3ccc(O)cc3OC)C2C1=O. The third-order valence-corrected chi connectivity index (χ3v) is 13.0. The van der Waals surface area contributed by atoms with Crippen LogP contribution in [0.15, 0.2) is 54.1 Å². The number of methoxy groups -OCH3 is 1. The highest BCUT2D eigenvalue weighted by atomic mass is 35.5. The number of aromatic hydroxyl groups is 1. The van der Waals surface area contributed by atoms with Gasteiger partial charge in [-0.1, -0.05) is 29.3 Å². The van der Waals surface area contributed by atoms with Gasteiger partial charge in [-0.3, -0.25) is 28.8 Å². The summed E-state index contributed by atoms with van der Waals surface area (Å²) in [5.41, 5.74) is 1.88. The maximum Gasteiger partial charge on any atom is 0.242 e. The van der Waals surface area contributed by atoms with Gasteiger partial charge in [0.05, 0.1) is 35.2 Å². The summed E-state index contributed by atoms with van der Waals surface area (Å²) in [5.74, 6) is -3.43. The molecule has 4 heterocycles. The molecule has 6 unspecified atom stereocenters. The molecule has 10 nitrogen and oxygen atoms in total. The molecule has 2 aromatic heterocycles. The number of phenols is 1. The minimum atomic E-state index is -1.26. The second-order valence-corrected chi connectivity index (χ2v) is 15.2. The number of imide groups is 2. The molecule has 0 spiro atoms. The zero-order chi connectivity index (χ0) is 34.7. The second kappa shape index (κ2) is 11.0. The Morgan fingerprint density at radius 3 is 2.57 bits per heavy atom. The number of hydrogen-bond acceptors (Lipinski definition) is 8. The number of likely N-dealkylation sites (tertiary alicyclic amines) is 1. The second-order valence-electron chi connectivity index (χ2n) is 13.7. The third kappa shape index (κ3) is 4.27. The number of aryl methyl sites for hydroxylation is 2. The predicted octanol–water partition coefficient (Wildman–Crippen LogP) is 6.23. The lowest BCUT2D eigenvalue weighted by Gasteiger charge is -2.49. The summed E-state index contributed by atoms with van der Waals surface area (Å²) in [7, 11) is 3.22. The van der Waals surface area contributed by atoms with E-state index in [4.69, 9.17) is 21.4 Å². The van der Waals surface area contributed by atoms with Crippen LogP contribution in [0, 0.1) is 36.0 Å². The number of aromatic nitrogens is 2. The van der Waals surface area contributed by atoms with E-state index < -0.39 is 35.0 Å². The summed E-state index contributed by atoms with van der Waals surface area (Å²) < 4.78 is 8.37. The molecule has 4 aromatic rings. The van der Waals surface area contributed by atoms with Crippen LogP contribution in [0.3, 0.4) is 0 Å². The van der Waals surface area contributed by atoms with Gasteiger partial charge < -0.3 is 9.84 Å². The minimum absolute atomic E-state index is 0.000765. The number of ether oxygens (including phenoxy) is 1. The van der Waals surface area contributed by atoms with Gasteiger partial charge in [0.1, 0.15) is 23.0 Å². The van der Waals surface area contributed by atoms with Gasteiger partial charge in [0.25, 0.3) is 0 Å². The van der Waals surface area contributed by atoms with Crippen molar-refractivity contribution in [3.63, 3.8) is 0 Å². The van der Waals surface area contributed by atoms with Crippen LogP contribution in [0.4, 0.5) is 5.82 Å². The topological polar surface area (TPSA) is 122 Å². The fraction of sp³-hybridized carbons (Fsp3) is 0.378. The number of allylic oxidation sites excluding steroid dienone is 2. The number of rotatable bonds is 5. The van der Waals surface area contributed by atoms with Gasteiger partial charge in [-0.25, -0.2) is 4.90 Å². The lowest BCUT2D eigenvalue weighted by atomic mass is 9.51. The van der Waals surface area contributed by atoms with Crippen LogP contribution >= 0.6 is 22.9 Å². The van der Waals surface area contributed by atoms with Gasteiger partial charge in [-0.2, -0.15) is 5.10 Å². The molecule has 2 aliphatic carbocycles. The van der Waals surface area contributed by atoms with Crippen LogP contribution in [0.2, 0.25) is 5.02 Å². The van der Waals surface area contributed by atoms with Crippen LogP contribution in [0.25, 0.3) is 20.7 Å². The van der Waals surface area contributed by atoms with Crippen LogP contribution in [0.1, 0.15) is 43.7 Å². The lowest BCUT2D eigenvalue weighted by molar-refractivity contribution is -0.140. The molecule has 6 atom stereocenters. The summed E-state index contributed by atoms with van der Waals surface area (Å²) >= 11 is 7.87. The van der Waals surface area contributed by atoms with Gasteiger partial charge in [-0.15, -0.1) is 11.3 Å². The first kappa shape index (κ1) is 31.8. The number of nitrogens with zero attached hydrogens (tertiary/aromatic N) is 4. The Labute approximate surface area is 291 Å². The first-order valence-corrected chi connectivity index (χ1v) is 17.6. The van der Waals surface area contributed by atoms with Gasteiger partial charge in [0.15, 0.2) is 0 Å². The van der Waals surface area contributed by atoms with Crippen molar-refractivity contribution < 1.29 is 29.0 Å². The fourth-order valence-electron chi connectivity index (χ4n) is 9.11. The number of carbonyl (C=O) groups is 4. The van der Waals surface area contributed by atoms with E-state index in [1.165, 1.54) is 23.0 Å². The highest BCUT2D eigenvalue weighted by molar-refractivity contribution is 7.22. The Hall–Kier alpha value is -4.48. The quantitative estimate of drug-likeness (QED) is 0.194. The Morgan fingerprint density at radius 2 is 1.84 bits per heavy atom. The normalized spacial score (nSPS) is 27.9. The largest absolute Gasteiger partial charge is 0.508 e. The number of hydrogen-bond donors (Lipinski definition) is 1. The van der Waals surface area contributed by atoms with Gasteiger partial charge in [0, 0.05) is 46.9 Å². The van der Waals surface area contributed by atoms with Gasteiger partial charge in [0.2, 0.25) is 23.6 Å². The number of carbonyl (C=O) groups excluding carboxylic acids is 4.